The third-order valence-corrected chi connectivity index (χ3v) is 3.86. The summed E-state index contributed by atoms with van der Waals surface area (Å²) in [4.78, 5) is 0. The van der Waals surface area contributed by atoms with Gasteiger partial charge in [0.2, 0.25) is 0 Å². The van der Waals surface area contributed by atoms with Crippen LogP contribution in [0.3, 0.4) is 0 Å². The monoisotopic (exact) mass is 330 g/mol. The van der Waals surface area contributed by atoms with E-state index in [1.807, 2.05) is 12.2 Å². The SMILES string of the molecule is C=CCCOc1cc(C(C)(C)C)c(OCCC=C)cc1C(C)(C)C. The van der Waals surface area contributed by atoms with Crippen LogP contribution in [0.4, 0.5) is 0 Å². The molecule has 0 aliphatic carbocycles. The molecule has 1 rings (SSSR count). The first-order valence-electron chi connectivity index (χ1n) is 8.77. The van der Waals surface area contributed by atoms with Crippen LogP contribution in [0.1, 0.15) is 65.5 Å². The maximum Gasteiger partial charge on any atom is 0.123 e. The highest BCUT2D eigenvalue weighted by Gasteiger charge is 2.26. The van der Waals surface area contributed by atoms with Crippen molar-refractivity contribution in [3.8, 4) is 11.5 Å². The van der Waals surface area contributed by atoms with E-state index in [0.29, 0.717) is 13.2 Å². The molecule has 0 aliphatic heterocycles. The van der Waals surface area contributed by atoms with E-state index < -0.39 is 0 Å². The summed E-state index contributed by atoms with van der Waals surface area (Å²) < 4.78 is 12.2. The minimum Gasteiger partial charge on any atom is -0.493 e. The number of hydrogen-bond acceptors (Lipinski definition) is 2. The van der Waals surface area contributed by atoms with Crippen LogP contribution in [0.5, 0.6) is 11.5 Å². The van der Waals surface area contributed by atoms with Crippen molar-refractivity contribution < 1.29 is 9.47 Å². The molecular weight excluding hydrogens is 296 g/mol. The van der Waals surface area contributed by atoms with Crippen molar-refractivity contribution in [2.24, 2.45) is 0 Å². The van der Waals surface area contributed by atoms with Gasteiger partial charge in [-0.3, -0.25) is 0 Å². The van der Waals surface area contributed by atoms with E-state index in [1.54, 1.807) is 0 Å². The van der Waals surface area contributed by atoms with E-state index in [9.17, 15) is 0 Å². The molecule has 24 heavy (non-hydrogen) atoms. The molecule has 0 aromatic heterocycles. The predicted octanol–water partition coefficient (Wildman–Crippen LogP) is 6.19. The Hall–Kier alpha value is -1.70. The maximum absolute atomic E-state index is 6.08. The number of hydrogen-bond donors (Lipinski definition) is 0. The molecule has 0 heterocycles. The largest absolute Gasteiger partial charge is 0.493 e. The third kappa shape index (κ3) is 5.74. The highest BCUT2D eigenvalue weighted by molar-refractivity contribution is 5.51. The second kappa shape index (κ2) is 8.41. The Morgan fingerprint density at radius 3 is 1.33 bits per heavy atom. The van der Waals surface area contributed by atoms with Crippen LogP contribution in [-0.4, -0.2) is 13.2 Å². The summed E-state index contributed by atoms with van der Waals surface area (Å²) in [6.45, 7) is 22.0. The van der Waals surface area contributed by atoms with Gasteiger partial charge in [0.15, 0.2) is 0 Å². The minimum absolute atomic E-state index is 0.0174. The van der Waals surface area contributed by atoms with Gasteiger partial charge in [-0.15, -0.1) is 13.2 Å². The molecule has 0 radical (unpaired) electrons. The van der Waals surface area contributed by atoms with Gasteiger partial charge in [-0.2, -0.15) is 0 Å². The Labute approximate surface area is 148 Å². The van der Waals surface area contributed by atoms with Gasteiger partial charge in [-0.25, -0.2) is 0 Å². The van der Waals surface area contributed by atoms with Crippen molar-refractivity contribution >= 4 is 0 Å². The maximum atomic E-state index is 6.08. The van der Waals surface area contributed by atoms with Crippen molar-refractivity contribution in [2.45, 2.75) is 65.2 Å². The van der Waals surface area contributed by atoms with Crippen molar-refractivity contribution in [2.75, 3.05) is 13.2 Å². The van der Waals surface area contributed by atoms with E-state index in [1.165, 1.54) is 11.1 Å². The third-order valence-electron chi connectivity index (χ3n) is 3.86. The molecule has 0 unspecified atom stereocenters. The molecule has 0 saturated heterocycles. The van der Waals surface area contributed by atoms with Crippen LogP contribution >= 0.6 is 0 Å². The average Bonchev–Trinajstić information content (AvgIpc) is 2.46. The Balaban J connectivity index is 3.36. The average molecular weight is 331 g/mol. The number of rotatable bonds is 8. The molecular formula is C22H34O2. The van der Waals surface area contributed by atoms with E-state index in [0.717, 1.165) is 24.3 Å². The quantitative estimate of drug-likeness (QED) is 0.418. The second-order valence-electron chi connectivity index (χ2n) is 8.20. The molecule has 0 bridgehead atoms. The summed E-state index contributed by atoms with van der Waals surface area (Å²) in [5.41, 5.74) is 2.31. The van der Waals surface area contributed by atoms with Gasteiger partial charge in [-0.1, -0.05) is 53.7 Å². The topological polar surface area (TPSA) is 18.5 Å². The molecule has 0 aliphatic rings. The molecule has 0 spiro atoms. The lowest BCUT2D eigenvalue weighted by Crippen LogP contribution is -2.19. The Morgan fingerprint density at radius 2 is 1.08 bits per heavy atom. The van der Waals surface area contributed by atoms with Crippen LogP contribution in [0.15, 0.2) is 37.4 Å². The lowest BCUT2D eigenvalue weighted by atomic mass is 9.81. The molecule has 2 heteroatoms. The van der Waals surface area contributed by atoms with Gasteiger partial charge in [0, 0.05) is 11.1 Å². The van der Waals surface area contributed by atoms with E-state index >= 15 is 0 Å². The molecule has 0 saturated carbocycles. The van der Waals surface area contributed by atoms with Gasteiger partial charge in [0.1, 0.15) is 11.5 Å². The molecule has 1 aromatic carbocycles. The summed E-state index contributed by atoms with van der Waals surface area (Å²) in [6.07, 6.45) is 5.44. The summed E-state index contributed by atoms with van der Waals surface area (Å²) in [7, 11) is 0. The zero-order chi connectivity index (χ0) is 18.4. The summed E-state index contributed by atoms with van der Waals surface area (Å²) in [6, 6.07) is 4.32. The lowest BCUT2D eigenvalue weighted by Gasteiger charge is -2.29. The predicted molar refractivity (Wildman–Crippen MR) is 104 cm³/mol. The molecule has 2 nitrogen and oxygen atoms in total. The fourth-order valence-electron chi connectivity index (χ4n) is 2.48. The second-order valence-corrected chi connectivity index (χ2v) is 8.20. The molecule has 0 atom stereocenters. The van der Waals surface area contributed by atoms with Gasteiger partial charge in [0.25, 0.3) is 0 Å². The first-order chi connectivity index (χ1) is 11.1. The van der Waals surface area contributed by atoms with Crippen LogP contribution in [0.25, 0.3) is 0 Å². The minimum atomic E-state index is -0.0174. The van der Waals surface area contributed by atoms with Gasteiger partial charge >= 0.3 is 0 Å². The smallest absolute Gasteiger partial charge is 0.123 e. The highest BCUT2D eigenvalue weighted by Crippen LogP contribution is 2.41. The Bertz CT molecular complexity index is 505. The van der Waals surface area contributed by atoms with Gasteiger partial charge in [-0.05, 0) is 35.8 Å². The molecule has 0 amide bonds. The first-order valence-corrected chi connectivity index (χ1v) is 8.77. The first kappa shape index (κ1) is 20.3. The van der Waals surface area contributed by atoms with Crippen molar-refractivity contribution in [1.82, 2.24) is 0 Å². The number of benzene rings is 1. The van der Waals surface area contributed by atoms with Crippen molar-refractivity contribution in [3.63, 3.8) is 0 Å². The van der Waals surface area contributed by atoms with Crippen LogP contribution < -0.4 is 9.47 Å². The fourth-order valence-corrected chi connectivity index (χ4v) is 2.48. The van der Waals surface area contributed by atoms with Crippen molar-refractivity contribution in [3.05, 3.63) is 48.6 Å². The van der Waals surface area contributed by atoms with E-state index in [2.05, 4.69) is 66.8 Å². The van der Waals surface area contributed by atoms with E-state index in [4.69, 9.17) is 9.47 Å². The van der Waals surface area contributed by atoms with Crippen molar-refractivity contribution in [1.29, 1.82) is 0 Å². The highest BCUT2D eigenvalue weighted by atomic mass is 16.5. The van der Waals surface area contributed by atoms with Crippen LogP contribution in [0.2, 0.25) is 0 Å². The zero-order valence-electron chi connectivity index (χ0n) is 16.4. The molecule has 134 valence electrons. The number of ether oxygens (including phenoxy) is 2. The van der Waals surface area contributed by atoms with Gasteiger partial charge < -0.3 is 9.47 Å². The Morgan fingerprint density at radius 1 is 0.750 bits per heavy atom. The normalized spacial score (nSPS) is 11.9. The molecule has 0 fully saturated rings. The van der Waals surface area contributed by atoms with E-state index in [-0.39, 0.29) is 10.8 Å². The summed E-state index contributed by atoms with van der Waals surface area (Å²) in [5.74, 6) is 1.90. The van der Waals surface area contributed by atoms with Crippen LogP contribution in [-0.2, 0) is 10.8 Å². The zero-order valence-corrected chi connectivity index (χ0v) is 16.4. The summed E-state index contributed by atoms with van der Waals surface area (Å²) in [5, 5.41) is 0. The molecule has 0 N–H and O–H groups in total. The summed E-state index contributed by atoms with van der Waals surface area (Å²) >= 11 is 0. The standard InChI is InChI=1S/C22H34O2/c1-9-11-13-23-19-15-18(22(6,7)8)20(24-14-12-10-2)16-17(19)21(3,4)5/h9-10,15-16H,1-2,11-14H2,3-8H3. The lowest BCUT2D eigenvalue weighted by molar-refractivity contribution is 0.301. The van der Waals surface area contributed by atoms with Crippen LogP contribution in [0, 0.1) is 0 Å². The van der Waals surface area contributed by atoms with Gasteiger partial charge in [0.05, 0.1) is 13.2 Å². The Kier molecular flexibility index (Phi) is 7.13. The fraction of sp³-hybridized carbons (Fsp3) is 0.545. The molecule has 1 aromatic rings.